The largest absolute Gasteiger partial charge is 0.330 e. The first-order valence-electron chi connectivity index (χ1n) is 5.76. The first-order chi connectivity index (χ1) is 7.70. The van der Waals surface area contributed by atoms with Crippen LogP contribution in [0.3, 0.4) is 0 Å². The molecule has 1 atom stereocenters. The summed E-state index contributed by atoms with van der Waals surface area (Å²) in [5.41, 5.74) is 6.94. The van der Waals surface area contributed by atoms with E-state index in [0.29, 0.717) is 18.4 Å². The lowest BCUT2D eigenvalue weighted by molar-refractivity contribution is 0.503. The number of hydrogen-bond acceptors (Lipinski definition) is 3. The molecule has 0 radical (unpaired) electrons. The second-order valence-corrected chi connectivity index (χ2v) is 5.64. The fourth-order valence-corrected chi connectivity index (χ4v) is 3.02. The second-order valence-electron chi connectivity index (χ2n) is 4.58. The summed E-state index contributed by atoms with van der Waals surface area (Å²) in [6.45, 7) is 5.16. The number of fused-ring (bicyclic) bond motifs is 1. The summed E-state index contributed by atoms with van der Waals surface area (Å²) >= 11 is 1.78. The molecular weight excluding hydrogens is 216 g/mol. The molecule has 2 rings (SSSR count). The van der Waals surface area contributed by atoms with Gasteiger partial charge in [0.1, 0.15) is 0 Å². The van der Waals surface area contributed by atoms with Gasteiger partial charge in [0.25, 0.3) is 0 Å². The van der Waals surface area contributed by atoms with Crippen LogP contribution in [-0.2, 0) is 0 Å². The number of aromatic nitrogens is 1. The third kappa shape index (κ3) is 2.42. The molecule has 1 aromatic carbocycles. The highest BCUT2D eigenvalue weighted by Gasteiger charge is 2.15. The average molecular weight is 234 g/mol. The van der Waals surface area contributed by atoms with Crippen LogP contribution >= 0.6 is 11.3 Å². The first kappa shape index (κ1) is 11.6. The van der Waals surface area contributed by atoms with Gasteiger partial charge in [0, 0.05) is 12.5 Å². The van der Waals surface area contributed by atoms with Crippen LogP contribution < -0.4 is 5.73 Å². The molecule has 1 unspecified atom stereocenters. The molecule has 0 spiro atoms. The van der Waals surface area contributed by atoms with Crippen LogP contribution in [0.5, 0.6) is 0 Å². The van der Waals surface area contributed by atoms with Gasteiger partial charge in [-0.1, -0.05) is 26.0 Å². The van der Waals surface area contributed by atoms with Crippen molar-refractivity contribution in [2.75, 3.05) is 6.54 Å². The van der Waals surface area contributed by atoms with E-state index in [1.54, 1.807) is 11.3 Å². The van der Waals surface area contributed by atoms with E-state index < -0.39 is 0 Å². The van der Waals surface area contributed by atoms with Crippen molar-refractivity contribution in [3.05, 3.63) is 29.3 Å². The fourth-order valence-electron chi connectivity index (χ4n) is 1.93. The van der Waals surface area contributed by atoms with Gasteiger partial charge in [0.2, 0.25) is 0 Å². The molecule has 0 aliphatic carbocycles. The van der Waals surface area contributed by atoms with Gasteiger partial charge in [-0.05, 0) is 24.5 Å². The summed E-state index contributed by atoms with van der Waals surface area (Å²) in [5, 5.41) is 1.19. The highest BCUT2D eigenvalue weighted by Crippen LogP contribution is 2.30. The van der Waals surface area contributed by atoms with Crippen LogP contribution in [0.4, 0.5) is 0 Å². The maximum Gasteiger partial charge on any atom is 0.0982 e. The molecule has 0 fully saturated rings. The minimum Gasteiger partial charge on any atom is -0.330 e. The minimum absolute atomic E-state index is 0.414. The van der Waals surface area contributed by atoms with E-state index >= 15 is 0 Å². The highest BCUT2D eigenvalue weighted by atomic mass is 32.1. The molecule has 3 heteroatoms. The normalized spacial score (nSPS) is 13.5. The molecule has 0 aliphatic rings. The van der Waals surface area contributed by atoms with Crippen molar-refractivity contribution in [3.8, 4) is 0 Å². The van der Waals surface area contributed by atoms with E-state index in [4.69, 9.17) is 5.73 Å². The summed E-state index contributed by atoms with van der Waals surface area (Å²) in [7, 11) is 0. The molecule has 0 saturated heterocycles. The molecule has 0 aliphatic heterocycles. The third-order valence-electron chi connectivity index (χ3n) is 2.70. The Kier molecular flexibility index (Phi) is 3.56. The summed E-state index contributed by atoms with van der Waals surface area (Å²) in [6.07, 6.45) is 1.12. The lowest BCUT2D eigenvalue weighted by Crippen LogP contribution is -2.14. The van der Waals surface area contributed by atoms with E-state index in [2.05, 4.69) is 37.0 Å². The van der Waals surface area contributed by atoms with Gasteiger partial charge in [-0.15, -0.1) is 11.3 Å². The SMILES string of the molecule is CC(C)CC(CN)c1nc2ccccc2s1. The number of benzene rings is 1. The Labute approximate surface area is 101 Å². The van der Waals surface area contributed by atoms with E-state index in [0.717, 1.165) is 11.9 Å². The topological polar surface area (TPSA) is 38.9 Å². The van der Waals surface area contributed by atoms with Gasteiger partial charge >= 0.3 is 0 Å². The van der Waals surface area contributed by atoms with Crippen molar-refractivity contribution < 1.29 is 0 Å². The van der Waals surface area contributed by atoms with Crippen molar-refractivity contribution in [2.24, 2.45) is 11.7 Å². The van der Waals surface area contributed by atoms with Crippen molar-refractivity contribution in [1.82, 2.24) is 4.98 Å². The Balaban J connectivity index is 2.30. The zero-order valence-electron chi connectivity index (χ0n) is 9.81. The standard InChI is InChI=1S/C13H18N2S/c1-9(2)7-10(8-14)13-15-11-5-3-4-6-12(11)16-13/h3-6,9-10H,7-8,14H2,1-2H3. The highest BCUT2D eigenvalue weighted by molar-refractivity contribution is 7.18. The van der Waals surface area contributed by atoms with Gasteiger partial charge in [0.05, 0.1) is 15.2 Å². The van der Waals surface area contributed by atoms with Crippen LogP contribution in [-0.4, -0.2) is 11.5 Å². The van der Waals surface area contributed by atoms with Gasteiger partial charge in [-0.25, -0.2) is 4.98 Å². The lowest BCUT2D eigenvalue weighted by atomic mass is 9.98. The van der Waals surface area contributed by atoms with Crippen LogP contribution in [0.15, 0.2) is 24.3 Å². The lowest BCUT2D eigenvalue weighted by Gasteiger charge is -2.13. The number of nitrogens with two attached hydrogens (primary N) is 1. The van der Waals surface area contributed by atoms with E-state index in [1.165, 1.54) is 9.71 Å². The first-order valence-corrected chi connectivity index (χ1v) is 6.58. The third-order valence-corrected chi connectivity index (χ3v) is 3.90. The van der Waals surface area contributed by atoms with Gasteiger partial charge < -0.3 is 5.73 Å². The zero-order valence-corrected chi connectivity index (χ0v) is 10.6. The maximum absolute atomic E-state index is 5.84. The maximum atomic E-state index is 5.84. The van der Waals surface area contributed by atoms with Gasteiger partial charge in [0.15, 0.2) is 0 Å². The van der Waals surface area contributed by atoms with E-state index in [9.17, 15) is 0 Å². The van der Waals surface area contributed by atoms with E-state index in [1.807, 2.05) is 6.07 Å². The van der Waals surface area contributed by atoms with Crippen LogP contribution in [0.2, 0.25) is 0 Å². The predicted octanol–water partition coefficient (Wildman–Crippen LogP) is 3.38. The number of rotatable bonds is 4. The quantitative estimate of drug-likeness (QED) is 0.880. The number of thiazole rings is 1. The van der Waals surface area contributed by atoms with Gasteiger partial charge in [-0.3, -0.25) is 0 Å². The Morgan fingerprint density at radius 2 is 2.06 bits per heavy atom. The molecule has 0 amide bonds. The monoisotopic (exact) mass is 234 g/mol. The minimum atomic E-state index is 0.414. The molecule has 0 saturated carbocycles. The predicted molar refractivity (Wildman–Crippen MR) is 70.9 cm³/mol. The summed E-state index contributed by atoms with van der Waals surface area (Å²) in [6, 6.07) is 8.29. The molecule has 2 aromatic rings. The molecule has 1 aromatic heterocycles. The van der Waals surface area contributed by atoms with Crippen molar-refractivity contribution in [3.63, 3.8) is 0 Å². The number of hydrogen-bond donors (Lipinski definition) is 1. The Hall–Kier alpha value is -0.930. The molecule has 0 bridgehead atoms. The van der Waals surface area contributed by atoms with Gasteiger partial charge in [-0.2, -0.15) is 0 Å². The fraction of sp³-hybridized carbons (Fsp3) is 0.462. The Morgan fingerprint density at radius 3 is 2.69 bits per heavy atom. The van der Waals surface area contributed by atoms with Crippen LogP contribution in [0.25, 0.3) is 10.2 Å². The van der Waals surface area contributed by atoms with Crippen molar-refractivity contribution in [1.29, 1.82) is 0 Å². The molecule has 1 heterocycles. The number of nitrogens with zero attached hydrogens (tertiary/aromatic N) is 1. The van der Waals surface area contributed by atoms with E-state index in [-0.39, 0.29) is 0 Å². The van der Waals surface area contributed by atoms with Crippen molar-refractivity contribution >= 4 is 21.6 Å². The smallest absolute Gasteiger partial charge is 0.0982 e. The van der Waals surface area contributed by atoms with Crippen LogP contribution in [0.1, 0.15) is 31.2 Å². The zero-order chi connectivity index (χ0) is 11.5. The van der Waals surface area contributed by atoms with Crippen molar-refractivity contribution in [2.45, 2.75) is 26.2 Å². The molecule has 2 N–H and O–H groups in total. The molecule has 2 nitrogen and oxygen atoms in total. The summed E-state index contributed by atoms with van der Waals surface area (Å²) < 4.78 is 1.26. The average Bonchev–Trinajstić information content (AvgIpc) is 2.68. The second kappa shape index (κ2) is 4.93. The molecule has 16 heavy (non-hydrogen) atoms. The summed E-state index contributed by atoms with van der Waals surface area (Å²) in [5.74, 6) is 1.08. The Bertz CT molecular complexity index is 429. The Morgan fingerprint density at radius 1 is 1.31 bits per heavy atom. The molecular formula is C13H18N2S. The van der Waals surface area contributed by atoms with Crippen LogP contribution in [0, 0.1) is 5.92 Å². The summed E-state index contributed by atoms with van der Waals surface area (Å²) in [4.78, 5) is 4.68. The molecule has 86 valence electrons. The number of para-hydroxylation sites is 1.